The monoisotopic (exact) mass is 223 g/mol. The lowest BCUT2D eigenvalue weighted by molar-refractivity contribution is 1.22. The fourth-order valence-corrected chi connectivity index (χ4v) is 1.38. The van der Waals surface area contributed by atoms with Crippen molar-refractivity contribution in [2.75, 3.05) is 0 Å². The number of hydrogen-bond donors (Lipinski definition) is 0. The second-order valence-corrected chi connectivity index (χ2v) is 2.93. The van der Waals surface area contributed by atoms with Crippen LogP contribution in [-0.2, 0) is 0 Å². The molecule has 0 spiro atoms. The Hall–Kier alpha value is 0.370. The number of alkyl halides is 1. The van der Waals surface area contributed by atoms with E-state index in [-0.39, 0.29) is 4.95 Å². The molecule has 0 amide bonds. The molecule has 0 aromatic rings. The standard InChI is InChI=1S/C4H3Br2N/c5-3-1-2-4(6)7-3/h1-3H. The lowest BCUT2D eigenvalue weighted by Crippen LogP contribution is -1.77. The van der Waals surface area contributed by atoms with E-state index in [9.17, 15) is 0 Å². The average molecular weight is 225 g/mol. The van der Waals surface area contributed by atoms with E-state index in [0.717, 1.165) is 4.62 Å². The molecule has 1 atom stereocenters. The smallest absolute Gasteiger partial charge is 0.124 e. The van der Waals surface area contributed by atoms with Crippen molar-refractivity contribution < 1.29 is 0 Å². The topological polar surface area (TPSA) is 12.4 Å². The largest absolute Gasteiger partial charge is 0.259 e. The Morgan fingerprint density at radius 2 is 2.43 bits per heavy atom. The predicted molar refractivity (Wildman–Crippen MR) is 38.2 cm³/mol. The molecule has 0 aromatic heterocycles. The second-order valence-electron chi connectivity index (χ2n) is 1.18. The van der Waals surface area contributed by atoms with E-state index < -0.39 is 0 Å². The van der Waals surface area contributed by atoms with Gasteiger partial charge in [0.15, 0.2) is 0 Å². The van der Waals surface area contributed by atoms with Gasteiger partial charge < -0.3 is 0 Å². The molecule has 3 heteroatoms. The van der Waals surface area contributed by atoms with E-state index in [1.807, 2.05) is 12.2 Å². The van der Waals surface area contributed by atoms with Crippen molar-refractivity contribution >= 4 is 36.5 Å². The van der Waals surface area contributed by atoms with Crippen LogP contribution in [-0.4, -0.2) is 9.57 Å². The summed E-state index contributed by atoms with van der Waals surface area (Å²) < 4.78 is 0.911. The molecule has 38 valence electrons. The van der Waals surface area contributed by atoms with E-state index in [0.29, 0.717) is 0 Å². The molecule has 0 bridgehead atoms. The third-order valence-electron chi connectivity index (χ3n) is 0.639. The van der Waals surface area contributed by atoms with Gasteiger partial charge in [-0.2, -0.15) is 0 Å². The van der Waals surface area contributed by atoms with Gasteiger partial charge in [-0.1, -0.05) is 15.9 Å². The van der Waals surface area contributed by atoms with Gasteiger partial charge in [0, 0.05) is 0 Å². The summed E-state index contributed by atoms with van der Waals surface area (Å²) >= 11 is 6.49. The summed E-state index contributed by atoms with van der Waals surface area (Å²) in [6.45, 7) is 0. The minimum atomic E-state index is 0.196. The van der Waals surface area contributed by atoms with Gasteiger partial charge in [-0.05, 0) is 28.1 Å². The van der Waals surface area contributed by atoms with E-state index in [1.54, 1.807) is 0 Å². The van der Waals surface area contributed by atoms with Crippen LogP contribution in [0.2, 0.25) is 0 Å². The van der Waals surface area contributed by atoms with Gasteiger partial charge in [-0.3, -0.25) is 4.99 Å². The van der Waals surface area contributed by atoms with Crippen LogP contribution in [0, 0.1) is 0 Å². The first-order valence-corrected chi connectivity index (χ1v) is 3.55. The first kappa shape index (κ1) is 5.51. The maximum atomic E-state index is 4.03. The van der Waals surface area contributed by atoms with E-state index in [1.165, 1.54) is 0 Å². The minimum absolute atomic E-state index is 0.196. The van der Waals surface area contributed by atoms with Crippen molar-refractivity contribution in [2.24, 2.45) is 4.99 Å². The third kappa shape index (κ3) is 1.39. The zero-order valence-electron chi connectivity index (χ0n) is 3.44. The normalized spacial score (nSPS) is 28.3. The molecule has 1 heterocycles. The third-order valence-corrected chi connectivity index (χ3v) is 1.62. The Balaban J connectivity index is 2.69. The number of aliphatic imine (C=N–C) groups is 1. The molecule has 0 saturated heterocycles. The van der Waals surface area contributed by atoms with E-state index in [4.69, 9.17) is 0 Å². The summed E-state index contributed by atoms with van der Waals surface area (Å²) in [6.07, 6.45) is 3.88. The summed E-state index contributed by atoms with van der Waals surface area (Å²) in [5, 5.41) is 0. The molecule has 1 nitrogen and oxygen atoms in total. The van der Waals surface area contributed by atoms with Crippen LogP contribution in [0.3, 0.4) is 0 Å². The fourth-order valence-electron chi connectivity index (χ4n) is 0.363. The Bertz CT molecular complexity index is 128. The number of nitrogens with zero attached hydrogens (tertiary/aromatic N) is 1. The Morgan fingerprint density at radius 3 is 2.57 bits per heavy atom. The average Bonchev–Trinajstić information content (AvgIpc) is 1.87. The summed E-state index contributed by atoms with van der Waals surface area (Å²) in [4.78, 5) is 4.22. The van der Waals surface area contributed by atoms with Crippen LogP contribution >= 0.6 is 31.9 Å². The van der Waals surface area contributed by atoms with E-state index >= 15 is 0 Å². The summed E-state index contributed by atoms with van der Waals surface area (Å²) in [6, 6.07) is 0. The van der Waals surface area contributed by atoms with Crippen molar-refractivity contribution in [1.82, 2.24) is 0 Å². The predicted octanol–water partition coefficient (Wildman–Crippen LogP) is 2.07. The van der Waals surface area contributed by atoms with Crippen LogP contribution in [0.1, 0.15) is 0 Å². The lowest BCUT2D eigenvalue weighted by atomic mass is 10.6. The highest BCUT2D eigenvalue weighted by molar-refractivity contribution is 9.18. The van der Waals surface area contributed by atoms with Crippen LogP contribution in [0.4, 0.5) is 0 Å². The molecular formula is C4H3Br2N. The van der Waals surface area contributed by atoms with Gasteiger partial charge in [-0.15, -0.1) is 0 Å². The molecule has 0 fully saturated rings. The Morgan fingerprint density at radius 1 is 1.71 bits per heavy atom. The Labute approximate surface area is 58.8 Å². The lowest BCUT2D eigenvalue weighted by Gasteiger charge is -1.83. The summed E-state index contributed by atoms with van der Waals surface area (Å²) in [7, 11) is 0. The van der Waals surface area contributed by atoms with Crippen LogP contribution in [0.15, 0.2) is 17.1 Å². The second kappa shape index (κ2) is 2.09. The summed E-state index contributed by atoms with van der Waals surface area (Å²) in [5.74, 6) is 0. The zero-order valence-corrected chi connectivity index (χ0v) is 6.61. The van der Waals surface area contributed by atoms with E-state index in [2.05, 4.69) is 36.9 Å². The molecule has 0 radical (unpaired) electrons. The van der Waals surface area contributed by atoms with Crippen LogP contribution < -0.4 is 0 Å². The molecule has 0 aliphatic carbocycles. The SMILES string of the molecule is BrC1=NC(Br)C=C1. The maximum Gasteiger partial charge on any atom is 0.124 e. The quantitative estimate of drug-likeness (QED) is 0.442. The van der Waals surface area contributed by atoms with Gasteiger partial charge >= 0.3 is 0 Å². The number of hydrogen-bond acceptors (Lipinski definition) is 1. The fraction of sp³-hybridized carbons (Fsp3) is 0.250. The zero-order chi connectivity index (χ0) is 5.28. The van der Waals surface area contributed by atoms with Crippen molar-refractivity contribution in [3.63, 3.8) is 0 Å². The van der Waals surface area contributed by atoms with Crippen molar-refractivity contribution in [3.05, 3.63) is 12.2 Å². The first-order chi connectivity index (χ1) is 3.29. The number of allylic oxidation sites excluding steroid dienone is 1. The van der Waals surface area contributed by atoms with Crippen LogP contribution in [0.25, 0.3) is 0 Å². The highest BCUT2D eigenvalue weighted by Crippen LogP contribution is 2.12. The number of rotatable bonds is 0. The van der Waals surface area contributed by atoms with Gasteiger partial charge in [0.1, 0.15) is 9.57 Å². The van der Waals surface area contributed by atoms with Crippen LogP contribution in [0.5, 0.6) is 0 Å². The molecule has 7 heavy (non-hydrogen) atoms. The molecule has 1 rings (SSSR count). The van der Waals surface area contributed by atoms with Crippen molar-refractivity contribution in [2.45, 2.75) is 4.95 Å². The van der Waals surface area contributed by atoms with Gasteiger partial charge in [-0.25, -0.2) is 0 Å². The summed E-state index contributed by atoms with van der Waals surface area (Å²) in [5.41, 5.74) is 0. The molecule has 1 aliphatic heterocycles. The Kier molecular flexibility index (Phi) is 1.65. The molecule has 1 aliphatic rings. The molecular weight excluding hydrogens is 222 g/mol. The number of halogens is 2. The van der Waals surface area contributed by atoms with Crippen molar-refractivity contribution in [1.29, 1.82) is 0 Å². The highest BCUT2D eigenvalue weighted by atomic mass is 79.9. The van der Waals surface area contributed by atoms with Crippen molar-refractivity contribution in [3.8, 4) is 0 Å². The minimum Gasteiger partial charge on any atom is -0.259 e. The molecule has 1 unspecified atom stereocenters. The molecule has 0 aromatic carbocycles. The molecule has 0 saturated carbocycles. The molecule has 0 N–H and O–H groups in total. The van der Waals surface area contributed by atoms with Gasteiger partial charge in [0.2, 0.25) is 0 Å². The van der Waals surface area contributed by atoms with Gasteiger partial charge in [0.05, 0.1) is 0 Å². The van der Waals surface area contributed by atoms with Gasteiger partial charge in [0.25, 0.3) is 0 Å². The highest BCUT2D eigenvalue weighted by Gasteiger charge is 2.01. The maximum absolute atomic E-state index is 4.03. The first-order valence-electron chi connectivity index (χ1n) is 1.84.